The molecular weight excluding hydrogens is 332 g/mol. The average Bonchev–Trinajstić information content (AvgIpc) is 2.60. The Morgan fingerprint density at radius 3 is 2.08 bits per heavy atom. The molecule has 1 rings (SSSR count). The molecule has 0 aliphatic rings. The van der Waals surface area contributed by atoms with E-state index in [2.05, 4.69) is 13.8 Å². The zero-order valence-corrected chi connectivity index (χ0v) is 16.8. The van der Waals surface area contributed by atoms with Gasteiger partial charge in [0.1, 0.15) is 6.10 Å². The first kappa shape index (κ1) is 22.0. The molecule has 142 valence electrons. The van der Waals surface area contributed by atoms with Crippen LogP contribution in [0.15, 0.2) is 24.3 Å². The van der Waals surface area contributed by atoms with Crippen LogP contribution in [0.2, 0.25) is 5.02 Å². The quantitative estimate of drug-likeness (QED) is 0.250. The maximum Gasteiger partial charge on any atom is 0.339 e. The number of halogens is 1. The highest BCUT2D eigenvalue weighted by Gasteiger charge is 2.17. The summed E-state index contributed by atoms with van der Waals surface area (Å²) in [6.45, 7) is 4.39. The molecule has 0 aromatic heterocycles. The van der Waals surface area contributed by atoms with Crippen LogP contribution in [0.1, 0.15) is 101 Å². The average molecular weight is 367 g/mol. The van der Waals surface area contributed by atoms with Crippen LogP contribution in [0, 0.1) is 0 Å². The van der Waals surface area contributed by atoms with E-state index in [0.29, 0.717) is 10.6 Å². The topological polar surface area (TPSA) is 26.3 Å². The lowest BCUT2D eigenvalue weighted by Crippen LogP contribution is -2.18. The largest absolute Gasteiger partial charge is 0.459 e. The molecule has 3 heteroatoms. The summed E-state index contributed by atoms with van der Waals surface area (Å²) < 4.78 is 5.71. The van der Waals surface area contributed by atoms with Crippen LogP contribution in [0.25, 0.3) is 0 Å². The smallest absolute Gasteiger partial charge is 0.339 e. The number of esters is 1. The Morgan fingerprint density at radius 1 is 0.880 bits per heavy atom. The summed E-state index contributed by atoms with van der Waals surface area (Å²) in [5.74, 6) is -0.292. The second kappa shape index (κ2) is 14.2. The first-order valence-electron chi connectivity index (χ1n) is 10.1. The molecule has 1 atom stereocenters. The van der Waals surface area contributed by atoms with Crippen LogP contribution in [-0.2, 0) is 4.74 Å². The molecule has 0 aliphatic carbocycles. The van der Waals surface area contributed by atoms with Crippen molar-refractivity contribution in [1.82, 2.24) is 0 Å². The molecule has 1 aromatic carbocycles. The predicted molar refractivity (Wildman–Crippen MR) is 107 cm³/mol. The zero-order chi connectivity index (χ0) is 18.3. The molecule has 1 aromatic rings. The number of carbonyl (C=O) groups is 1. The molecule has 0 radical (unpaired) electrons. The Morgan fingerprint density at radius 2 is 1.48 bits per heavy atom. The lowest BCUT2D eigenvalue weighted by atomic mass is 10.0. The van der Waals surface area contributed by atoms with Gasteiger partial charge in [-0.05, 0) is 31.4 Å². The van der Waals surface area contributed by atoms with Crippen LogP contribution >= 0.6 is 11.6 Å². The Kier molecular flexibility index (Phi) is 12.5. The third kappa shape index (κ3) is 9.89. The molecule has 0 bridgehead atoms. The fraction of sp³-hybridized carbons (Fsp3) is 0.682. The molecule has 0 aliphatic heterocycles. The van der Waals surface area contributed by atoms with Gasteiger partial charge in [0.15, 0.2) is 0 Å². The summed E-state index contributed by atoms with van der Waals surface area (Å²) in [6.07, 6.45) is 14.7. The molecule has 1 unspecified atom stereocenters. The lowest BCUT2D eigenvalue weighted by Gasteiger charge is -2.17. The highest BCUT2D eigenvalue weighted by Crippen LogP contribution is 2.20. The standard InChI is InChI=1S/C22H35ClO2/c1-3-5-6-7-8-9-10-11-12-16-19(15-4-2)25-22(24)20-17-13-14-18-21(20)23/h13-14,17-19H,3-12,15-16H2,1-2H3. The van der Waals surface area contributed by atoms with E-state index in [9.17, 15) is 4.79 Å². The molecule has 25 heavy (non-hydrogen) atoms. The van der Waals surface area contributed by atoms with E-state index in [1.807, 2.05) is 12.1 Å². The monoisotopic (exact) mass is 366 g/mol. The molecule has 0 fully saturated rings. The van der Waals surface area contributed by atoms with Crippen molar-refractivity contribution in [2.24, 2.45) is 0 Å². The van der Waals surface area contributed by atoms with Crippen LogP contribution in [0.5, 0.6) is 0 Å². The number of carbonyl (C=O) groups excluding carboxylic acids is 1. The van der Waals surface area contributed by atoms with Crippen molar-refractivity contribution in [3.8, 4) is 0 Å². The van der Waals surface area contributed by atoms with Gasteiger partial charge in [0.25, 0.3) is 0 Å². The van der Waals surface area contributed by atoms with Crippen LogP contribution in [-0.4, -0.2) is 12.1 Å². The minimum Gasteiger partial charge on any atom is -0.459 e. The SMILES string of the molecule is CCCCCCCCCCCC(CCC)OC(=O)c1ccccc1Cl. The Hall–Kier alpha value is -1.02. The number of hydrogen-bond acceptors (Lipinski definition) is 2. The van der Waals surface area contributed by atoms with Crippen molar-refractivity contribution in [1.29, 1.82) is 0 Å². The van der Waals surface area contributed by atoms with Crippen LogP contribution in [0.4, 0.5) is 0 Å². The summed E-state index contributed by atoms with van der Waals surface area (Å²) in [6, 6.07) is 7.10. The third-order valence-corrected chi connectivity index (χ3v) is 4.94. The molecule has 0 amide bonds. The van der Waals surface area contributed by atoms with Gasteiger partial charge in [-0.3, -0.25) is 0 Å². The summed E-state index contributed by atoms with van der Waals surface area (Å²) in [4.78, 5) is 12.3. The molecule has 0 N–H and O–H groups in total. The molecule has 0 saturated carbocycles. The van der Waals surface area contributed by atoms with Crippen molar-refractivity contribution < 1.29 is 9.53 Å². The molecule has 2 nitrogen and oxygen atoms in total. The second-order valence-corrected chi connectivity index (χ2v) is 7.32. The number of benzene rings is 1. The first-order valence-corrected chi connectivity index (χ1v) is 10.5. The number of rotatable bonds is 14. The van der Waals surface area contributed by atoms with Crippen molar-refractivity contribution in [2.45, 2.75) is 97.0 Å². The van der Waals surface area contributed by atoms with Crippen molar-refractivity contribution >= 4 is 17.6 Å². The predicted octanol–water partition coefficient (Wildman–Crippen LogP) is 7.59. The lowest BCUT2D eigenvalue weighted by molar-refractivity contribution is 0.0254. The van der Waals surface area contributed by atoms with Crippen LogP contribution < -0.4 is 0 Å². The normalized spacial score (nSPS) is 12.1. The minimum absolute atomic E-state index is 0.0123. The highest BCUT2D eigenvalue weighted by molar-refractivity contribution is 6.33. The third-order valence-electron chi connectivity index (χ3n) is 4.61. The molecule has 0 spiro atoms. The van der Waals surface area contributed by atoms with E-state index in [0.717, 1.165) is 25.7 Å². The number of unbranched alkanes of at least 4 members (excludes halogenated alkanes) is 8. The Bertz CT molecular complexity index is 473. The van der Waals surface area contributed by atoms with Gasteiger partial charge >= 0.3 is 5.97 Å². The summed E-state index contributed by atoms with van der Waals surface area (Å²) >= 11 is 6.09. The fourth-order valence-corrected chi connectivity index (χ4v) is 3.32. The van der Waals surface area contributed by atoms with E-state index in [4.69, 9.17) is 16.3 Å². The van der Waals surface area contributed by atoms with Gasteiger partial charge in [0.05, 0.1) is 10.6 Å². The number of ether oxygens (including phenoxy) is 1. The maximum absolute atomic E-state index is 12.3. The summed E-state index contributed by atoms with van der Waals surface area (Å²) in [7, 11) is 0. The number of hydrogen-bond donors (Lipinski definition) is 0. The zero-order valence-electron chi connectivity index (χ0n) is 16.1. The van der Waals surface area contributed by atoms with E-state index in [1.165, 1.54) is 51.4 Å². The summed E-state index contributed by atoms with van der Waals surface area (Å²) in [5, 5.41) is 0.464. The van der Waals surface area contributed by atoms with Gasteiger partial charge in [-0.1, -0.05) is 95.4 Å². The maximum atomic E-state index is 12.3. The van der Waals surface area contributed by atoms with Gasteiger partial charge < -0.3 is 4.74 Å². The van der Waals surface area contributed by atoms with Gasteiger partial charge in [0, 0.05) is 0 Å². The molecule has 0 saturated heterocycles. The second-order valence-electron chi connectivity index (χ2n) is 6.91. The first-order chi connectivity index (χ1) is 12.2. The highest BCUT2D eigenvalue weighted by atomic mass is 35.5. The van der Waals surface area contributed by atoms with Gasteiger partial charge in [-0.15, -0.1) is 0 Å². The van der Waals surface area contributed by atoms with E-state index in [1.54, 1.807) is 12.1 Å². The Balaban J connectivity index is 2.23. The van der Waals surface area contributed by atoms with Crippen LogP contribution in [0.3, 0.4) is 0 Å². The fourth-order valence-electron chi connectivity index (χ4n) is 3.11. The van der Waals surface area contributed by atoms with E-state index in [-0.39, 0.29) is 12.1 Å². The van der Waals surface area contributed by atoms with Gasteiger partial charge in [-0.25, -0.2) is 4.79 Å². The Labute approximate surface area is 159 Å². The van der Waals surface area contributed by atoms with Gasteiger partial charge in [-0.2, -0.15) is 0 Å². The molecular formula is C22H35ClO2. The van der Waals surface area contributed by atoms with Crippen molar-refractivity contribution in [2.75, 3.05) is 0 Å². The molecule has 0 heterocycles. The van der Waals surface area contributed by atoms with E-state index >= 15 is 0 Å². The summed E-state index contributed by atoms with van der Waals surface area (Å²) in [5.41, 5.74) is 0.470. The minimum atomic E-state index is -0.292. The van der Waals surface area contributed by atoms with Crippen molar-refractivity contribution in [3.63, 3.8) is 0 Å². The van der Waals surface area contributed by atoms with Gasteiger partial charge in [0.2, 0.25) is 0 Å². The van der Waals surface area contributed by atoms with E-state index < -0.39 is 0 Å². The van der Waals surface area contributed by atoms with Crippen molar-refractivity contribution in [3.05, 3.63) is 34.9 Å².